The number of H-pyrrole nitrogens is 1. The molecule has 1 aromatic heterocycles. The second-order valence-corrected chi connectivity index (χ2v) is 13.7. The van der Waals surface area contributed by atoms with E-state index in [4.69, 9.17) is 0 Å². The van der Waals surface area contributed by atoms with E-state index in [0.29, 0.717) is 6.42 Å². The molecule has 1 heterocycles. The predicted octanol–water partition coefficient (Wildman–Crippen LogP) is 4.17. The van der Waals surface area contributed by atoms with E-state index in [0.717, 1.165) is 44.1 Å². The largest absolute Gasteiger partial charge is 0.388 e. The molecule has 6 rings (SSSR count). The molecule has 4 saturated carbocycles. The van der Waals surface area contributed by atoms with Crippen LogP contribution in [0.5, 0.6) is 0 Å². The molecule has 0 radical (unpaired) electrons. The van der Waals surface area contributed by atoms with Gasteiger partial charge in [0.2, 0.25) is 0 Å². The van der Waals surface area contributed by atoms with Gasteiger partial charge >= 0.3 is 0 Å². The number of fused-ring (bicyclic) bond motifs is 6. The zero-order valence-electron chi connectivity index (χ0n) is 22.9. The average molecular weight is 510 g/mol. The third-order valence-corrected chi connectivity index (χ3v) is 12.0. The lowest BCUT2D eigenvalue weighted by atomic mass is 9.46. The Morgan fingerprint density at radius 2 is 1.84 bits per heavy atom. The zero-order chi connectivity index (χ0) is 26.2. The van der Waals surface area contributed by atoms with Crippen LogP contribution in [0.25, 0.3) is 6.08 Å². The molecule has 5 aliphatic rings. The highest BCUT2D eigenvalue weighted by Gasteiger charge is 2.68. The molecule has 0 aliphatic heterocycles. The Morgan fingerprint density at radius 1 is 1.11 bits per heavy atom. The number of ketones is 2. The monoisotopic (exact) mass is 509 g/mol. The molecule has 0 spiro atoms. The first kappa shape index (κ1) is 25.5. The number of carbonyl (C=O) groups excluding carboxylic acids is 2. The third kappa shape index (κ3) is 3.68. The second-order valence-electron chi connectivity index (χ2n) is 13.7. The van der Waals surface area contributed by atoms with Crippen molar-refractivity contribution >= 4 is 17.6 Å². The summed E-state index contributed by atoms with van der Waals surface area (Å²) in [5.41, 5.74) is 1.33. The van der Waals surface area contributed by atoms with Crippen LogP contribution in [0.1, 0.15) is 96.2 Å². The highest BCUT2D eigenvalue weighted by Crippen LogP contribution is 2.66. The molecule has 0 unspecified atom stereocenters. The van der Waals surface area contributed by atoms with Crippen LogP contribution in [0.4, 0.5) is 0 Å². The number of aromatic amines is 1. The predicted molar refractivity (Wildman–Crippen MR) is 140 cm³/mol. The fourth-order valence-corrected chi connectivity index (χ4v) is 9.79. The summed E-state index contributed by atoms with van der Waals surface area (Å²) in [4.78, 5) is 26.6. The van der Waals surface area contributed by atoms with Gasteiger partial charge in [-0.3, -0.25) is 9.59 Å². The molecule has 0 bridgehead atoms. The zero-order valence-corrected chi connectivity index (χ0v) is 22.9. The quantitative estimate of drug-likeness (QED) is 0.519. The van der Waals surface area contributed by atoms with Crippen LogP contribution in [-0.2, 0) is 22.6 Å². The number of aliphatic hydroxyl groups excluding tert-OH is 1. The van der Waals surface area contributed by atoms with Crippen molar-refractivity contribution in [2.45, 2.75) is 104 Å². The van der Waals surface area contributed by atoms with E-state index in [1.54, 1.807) is 0 Å². The molecular formula is C31H45N2O4+. The van der Waals surface area contributed by atoms with Crippen LogP contribution in [0.15, 0.2) is 11.8 Å². The number of nitrogens with zero attached hydrogens (tertiary/aromatic N) is 1. The fraction of sp³-hybridized carbons (Fsp3) is 0.774. The van der Waals surface area contributed by atoms with Crippen molar-refractivity contribution in [1.82, 2.24) is 5.10 Å². The van der Waals surface area contributed by atoms with Crippen molar-refractivity contribution in [3.8, 4) is 0 Å². The van der Waals surface area contributed by atoms with Crippen LogP contribution in [-0.4, -0.2) is 39.1 Å². The van der Waals surface area contributed by atoms with Gasteiger partial charge in [0.1, 0.15) is 23.7 Å². The van der Waals surface area contributed by atoms with Crippen molar-refractivity contribution in [2.75, 3.05) is 6.61 Å². The third-order valence-electron chi connectivity index (χ3n) is 12.0. The molecule has 37 heavy (non-hydrogen) atoms. The highest BCUT2D eigenvalue weighted by molar-refractivity contribution is 5.92. The number of Topliss-reactive ketones (excluding diaryl/α,β-unsaturated/α-hetero) is 2. The molecule has 202 valence electrons. The standard InChI is InChI=1S/C31H44N2O4/c1-4-19-5-7-20(8-6-19)16-33-17-21-14-29(2)22(13-25(21)32-33)9-10-23-24-11-12-31(37,27(36)18-34)30(24,3)15-26(35)28(23)29/h13,17,19-20,23-24,28,34,37H,4-12,14-16,18H2,1-3H3/p+1/t19?,20?,23-,24-,28+,29-,30-,31-/m0/s1. The molecule has 3 N–H and O–H groups in total. The van der Waals surface area contributed by atoms with E-state index in [9.17, 15) is 19.8 Å². The molecule has 6 atom stereocenters. The van der Waals surface area contributed by atoms with Gasteiger partial charge in [0.05, 0.1) is 0 Å². The minimum atomic E-state index is -1.59. The number of nitrogens with one attached hydrogen (secondary N) is 1. The lowest BCUT2D eigenvalue weighted by Gasteiger charge is -2.57. The summed E-state index contributed by atoms with van der Waals surface area (Å²) in [5.74, 6) is 1.56. The molecule has 0 aromatic carbocycles. The summed E-state index contributed by atoms with van der Waals surface area (Å²) in [5, 5.41) is 24.7. The van der Waals surface area contributed by atoms with E-state index < -0.39 is 23.4 Å². The van der Waals surface area contributed by atoms with Gasteiger partial charge in [-0.25, -0.2) is 0 Å². The Bertz CT molecular complexity index is 1130. The van der Waals surface area contributed by atoms with Crippen LogP contribution < -0.4 is 4.68 Å². The van der Waals surface area contributed by atoms with Gasteiger partial charge in [0.15, 0.2) is 18.5 Å². The highest BCUT2D eigenvalue weighted by atomic mass is 16.3. The van der Waals surface area contributed by atoms with E-state index in [1.165, 1.54) is 48.9 Å². The number of carbonyl (C=O) groups is 2. The molecule has 4 fully saturated rings. The molecule has 0 amide bonds. The SMILES string of the molecule is CCC1CCC(C[n+]2cc3c([nH]2)C=C2CC[C@@H]4[C@H](C(=O)C[C@@]5(C)[C@H]4CC[C@]5(O)C(=O)CO)[C@@]2(C)C3)CC1. The van der Waals surface area contributed by atoms with E-state index in [1.807, 2.05) is 6.92 Å². The average Bonchev–Trinajstić information content (AvgIpc) is 3.38. The first-order valence-corrected chi connectivity index (χ1v) is 14.8. The summed E-state index contributed by atoms with van der Waals surface area (Å²) < 4.78 is 2.30. The number of allylic oxidation sites excluding steroid dienone is 1. The van der Waals surface area contributed by atoms with Gasteiger partial charge in [0, 0.05) is 34.7 Å². The van der Waals surface area contributed by atoms with E-state index in [-0.39, 0.29) is 35.4 Å². The van der Waals surface area contributed by atoms with E-state index >= 15 is 0 Å². The van der Waals surface area contributed by atoms with Crippen molar-refractivity contribution in [3.63, 3.8) is 0 Å². The van der Waals surface area contributed by atoms with Crippen LogP contribution in [0.2, 0.25) is 0 Å². The van der Waals surface area contributed by atoms with Gasteiger partial charge in [-0.2, -0.15) is 5.10 Å². The van der Waals surface area contributed by atoms with E-state index in [2.05, 4.69) is 35.9 Å². The fourth-order valence-electron chi connectivity index (χ4n) is 9.79. The Labute approximate surface area is 220 Å². The molecule has 6 heteroatoms. The maximum Gasteiger partial charge on any atom is 0.199 e. The molecular weight excluding hydrogens is 464 g/mol. The van der Waals surface area contributed by atoms with Gasteiger partial charge in [0.25, 0.3) is 0 Å². The first-order chi connectivity index (χ1) is 17.6. The summed E-state index contributed by atoms with van der Waals surface area (Å²) in [6.45, 7) is 6.93. The summed E-state index contributed by atoms with van der Waals surface area (Å²) in [7, 11) is 0. The van der Waals surface area contributed by atoms with Gasteiger partial charge in [-0.1, -0.05) is 32.8 Å². The molecule has 5 aliphatic carbocycles. The van der Waals surface area contributed by atoms with Gasteiger partial charge in [-0.15, -0.1) is 4.68 Å². The Balaban J connectivity index is 1.25. The normalized spacial score (nSPS) is 42.9. The molecule has 0 saturated heterocycles. The number of rotatable bonds is 5. The smallest absolute Gasteiger partial charge is 0.199 e. The number of hydrogen-bond donors (Lipinski definition) is 3. The number of hydrogen-bond acceptors (Lipinski definition) is 4. The first-order valence-electron chi connectivity index (χ1n) is 14.8. The van der Waals surface area contributed by atoms with Crippen LogP contribution >= 0.6 is 0 Å². The lowest BCUT2D eigenvalue weighted by Crippen LogP contribution is -2.61. The number of aliphatic hydroxyl groups is 2. The van der Waals surface area contributed by atoms with Crippen molar-refractivity contribution in [3.05, 3.63) is 23.0 Å². The number of aromatic nitrogens is 2. The molecule has 1 aromatic rings. The minimum Gasteiger partial charge on any atom is -0.388 e. The van der Waals surface area contributed by atoms with Crippen molar-refractivity contribution in [2.24, 2.45) is 40.4 Å². The topological polar surface area (TPSA) is 94.3 Å². The molecule has 6 nitrogen and oxygen atoms in total. The van der Waals surface area contributed by atoms with Crippen molar-refractivity contribution in [1.29, 1.82) is 0 Å². The Morgan fingerprint density at radius 3 is 2.54 bits per heavy atom. The van der Waals surface area contributed by atoms with Crippen LogP contribution in [0, 0.1) is 40.4 Å². The van der Waals surface area contributed by atoms with Gasteiger partial charge < -0.3 is 10.2 Å². The van der Waals surface area contributed by atoms with Crippen LogP contribution in [0.3, 0.4) is 0 Å². The summed E-state index contributed by atoms with van der Waals surface area (Å²) in [6.07, 6.45) is 15.4. The Hall–Kier alpha value is -1.79. The van der Waals surface area contributed by atoms with Gasteiger partial charge in [-0.05, 0) is 81.6 Å². The summed E-state index contributed by atoms with van der Waals surface area (Å²) in [6, 6.07) is 0. The summed E-state index contributed by atoms with van der Waals surface area (Å²) >= 11 is 0. The Kier molecular flexibility index (Phi) is 6.11. The maximum absolute atomic E-state index is 13.9. The lowest BCUT2D eigenvalue weighted by molar-refractivity contribution is -0.756. The minimum absolute atomic E-state index is 0.0713. The van der Waals surface area contributed by atoms with Crippen molar-refractivity contribution < 1.29 is 24.5 Å². The maximum atomic E-state index is 13.9. The second kappa shape index (κ2) is 8.87.